The van der Waals surface area contributed by atoms with Crippen LogP contribution in [-0.4, -0.2) is 11.5 Å². The van der Waals surface area contributed by atoms with E-state index in [2.05, 4.69) is 46.3 Å². The van der Waals surface area contributed by atoms with Gasteiger partial charge < -0.3 is 0 Å². The Morgan fingerprint density at radius 2 is 1.45 bits per heavy atom. The highest BCUT2D eigenvalue weighted by atomic mass is 32.2. The average molecular weight is 204 g/mol. The molecule has 0 aromatic heterocycles. The Bertz CT molecular complexity index is 173. The third-order valence-electron chi connectivity index (χ3n) is 0.846. The van der Waals surface area contributed by atoms with Gasteiger partial charge in [-0.25, -0.2) is 0 Å². The SMILES string of the molecule is [S-][N+]#CCCSCCC#[N+][S-]. The van der Waals surface area contributed by atoms with Crippen molar-refractivity contribution in [3.63, 3.8) is 0 Å². The van der Waals surface area contributed by atoms with Crippen LogP contribution in [0.4, 0.5) is 0 Å². The molecule has 0 bridgehead atoms. The summed E-state index contributed by atoms with van der Waals surface area (Å²) in [6.07, 6.45) is 1.64. The molecule has 0 aliphatic heterocycles. The summed E-state index contributed by atoms with van der Waals surface area (Å²) in [5, 5.41) is 0. The zero-order valence-corrected chi connectivity index (χ0v) is 8.40. The maximum absolute atomic E-state index is 4.34. The van der Waals surface area contributed by atoms with Crippen LogP contribution in [0.1, 0.15) is 12.8 Å². The van der Waals surface area contributed by atoms with Crippen molar-refractivity contribution >= 4 is 37.4 Å². The van der Waals surface area contributed by atoms with Crippen molar-refractivity contribution in [1.82, 2.24) is 0 Å². The summed E-state index contributed by atoms with van der Waals surface area (Å²) in [5.41, 5.74) is 0. The fraction of sp³-hybridized carbons (Fsp3) is 0.667. The van der Waals surface area contributed by atoms with Gasteiger partial charge in [-0.2, -0.15) is 20.3 Å². The monoisotopic (exact) mass is 204 g/mol. The molecule has 0 heterocycles. The van der Waals surface area contributed by atoms with Gasteiger partial charge in [-0.05, 0) is 0 Å². The van der Waals surface area contributed by atoms with Crippen molar-refractivity contribution in [2.45, 2.75) is 12.8 Å². The number of hydrogen-bond acceptors (Lipinski definition) is 3. The van der Waals surface area contributed by atoms with E-state index in [1.54, 1.807) is 11.8 Å². The van der Waals surface area contributed by atoms with Gasteiger partial charge in [0.2, 0.25) is 0 Å². The second-order valence-corrected chi connectivity index (χ2v) is 3.20. The first-order valence-electron chi connectivity index (χ1n) is 3.10. The van der Waals surface area contributed by atoms with Crippen LogP contribution in [0, 0.1) is 12.1 Å². The van der Waals surface area contributed by atoms with Crippen molar-refractivity contribution in [1.29, 1.82) is 0 Å². The van der Waals surface area contributed by atoms with Crippen molar-refractivity contribution in [2.24, 2.45) is 0 Å². The van der Waals surface area contributed by atoms with Crippen LogP contribution in [0.15, 0.2) is 0 Å². The molecule has 0 amide bonds. The average Bonchev–Trinajstić information content (AvgIpc) is 2.03. The summed E-state index contributed by atoms with van der Waals surface area (Å²) < 4.78 is 6.68. The van der Waals surface area contributed by atoms with Gasteiger partial charge in [0.25, 0.3) is 12.1 Å². The zero-order chi connectivity index (χ0) is 8.36. The van der Waals surface area contributed by atoms with E-state index in [-0.39, 0.29) is 0 Å². The summed E-state index contributed by atoms with van der Waals surface area (Å²) in [5.74, 6) is 2.00. The molecule has 0 rings (SSSR count). The van der Waals surface area contributed by atoms with Gasteiger partial charge >= 0.3 is 0 Å². The highest BCUT2D eigenvalue weighted by molar-refractivity contribution is 7.99. The molecule has 2 nitrogen and oxygen atoms in total. The molecule has 0 aliphatic carbocycles. The van der Waals surface area contributed by atoms with Crippen LogP contribution in [-0.2, 0) is 25.6 Å². The summed E-state index contributed by atoms with van der Waals surface area (Å²) in [7, 11) is 0. The Morgan fingerprint density at radius 3 is 1.82 bits per heavy atom. The molecule has 0 aliphatic rings. The second kappa shape index (κ2) is 9.77. The van der Waals surface area contributed by atoms with Crippen LogP contribution in [0.3, 0.4) is 0 Å². The standard InChI is InChI=1S/C6H8N2S3/c9-7-3-1-5-11-6-2-4-8-10/h1-2,5-6H2. The highest BCUT2D eigenvalue weighted by Gasteiger charge is 1.90. The second-order valence-electron chi connectivity index (χ2n) is 1.61. The molecular weight excluding hydrogens is 196 g/mol. The first kappa shape index (κ1) is 10.8. The predicted molar refractivity (Wildman–Crippen MR) is 55.8 cm³/mol. The lowest BCUT2D eigenvalue weighted by atomic mass is 10.5. The molecule has 0 aromatic carbocycles. The first-order valence-corrected chi connectivity index (χ1v) is 4.98. The van der Waals surface area contributed by atoms with E-state index in [9.17, 15) is 0 Å². The molecular formula is C6H8N2S3. The van der Waals surface area contributed by atoms with E-state index in [1.165, 1.54) is 0 Å². The Kier molecular flexibility index (Phi) is 9.57. The topological polar surface area (TPSA) is 8.72 Å². The quantitative estimate of drug-likeness (QED) is 0.512. The Labute approximate surface area is 82.5 Å². The minimum Gasteiger partial charge on any atom is -0.264 e. The Morgan fingerprint density at radius 1 is 1.00 bits per heavy atom. The molecule has 0 N–H and O–H groups in total. The normalized spacial score (nSPS) is 7.27. The molecule has 5 heteroatoms. The van der Waals surface area contributed by atoms with Gasteiger partial charge in [0.15, 0.2) is 0 Å². The van der Waals surface area contributed by atoms with E-state index >= 15 is 0 Å². The van der Waals surface area contributed by atoms with Crippen LogP contribution < -0.4 is 0 Å². The number of hydrogen-bond donors (Lipinski definition) is 0. The van der Waals surface area contributed by atoms with Crippen LogP contribution in [0.5, 0.6) is 0 Å². The molecule has 60 valence electrons. The van der Waals surface area contributed by atoms with E-state index in [0.29, 0.717) is 0 Å². The van der Waals surface area contributed by atoms with Gasteiger partial charge in [-0.3, -0.25) is 25.6 Å². The smallest absolute Gasteiger partial charge is 0.253 e. The lowest BCUT2D eigenvalue weighted by Crippen LogP contribution is -1.79. The number of thioether (sulfide) groups is 1. The summed E-state index contributed by atoms with van der Waals surface area (Å²) >= 11 is 10.5. The molecule has 0 spiro atoms. The molecule has 0 fully saturated rings. The molecule has 0 radical (unpaired) electrons. The Balaban J connectivity index is 2.98. The lowest BCUT2D eigenvalue weighted by molar-refractivity contribution is 1.25. The van der Waals surface area contributed by atoms with E-state index in [0.717, 1.165) is 24.3 Å². The maximum Gasteiger partial charge on any atom is 0.253 e. The van der Waals surface area contributed by atoms with Crippen LogP contribution in [0.2, 0.25) is 0 Å². The fourth-order valence-corrected chi connectivity index (χ4v) is 1.29. The summed E-state index contributed by atoms with van der Waals surface area (Å²) in [6, 6.07) is 5.39. The Hall–Kier alpha value is -0.230. The maximum atomic E-state index is 4.34. The third-order valence-corrected chi connectivity index (χ3v) is 2.09. The summed E-state index contributed by atoms with van der Waals surface area (Å²) in [4.78, 5) is 0. The minimum absolute atomic E-state index is 0.819. The first-order chi connectivity index (χ1) is 5.41. The number of rotatable bonds is 4. The van der Waals surface area contributed by atoms with E-state index in [1.807, 2.05) is 0 Å². The molecule has 0 aromatic rings. The van der Waals surface area contributed by atoms with Crippen molar-refractivity contribution < 1.29 is 0 Å². The van der Waals surface area contributed by atoms with Gasteiger partial charge in [0, 0.05) is 11.5 Å². The van der Waals surface area contributed by atoms with Crippen LogP contribution >= 0.6 is 11.8 Å². The molecule has 11 heavy (non-hydrogen) atoms. The van der Waals surface area contributed by atoms with Crippen molar-refractivity contribution in [2.75, 3.05) is 11.5 Å². The molecule has 0 unspecified atom stereocenters. The third kappa shape index (κ3) is 9.77. The molecule has 0 saturated heterocycles. The largest absolute Gasteiger partial charge is 0.264 e. The van der Waals surface area contributed by atoms with Gasteiger partial charge in [-0.15, -0.1) is 0 Å². The minimum atomic E-state index is 0.819. The highest BCUT2D eigenvalue weighted by Crippen LogP contribution is 2.02. The van der Waals surface area contributed by atoms with Crippen LogP contribution in [0.25, 0.3) is 8.50 Å². The number of nitrogens with zero attached hydrogens (tertiary/aromatic N) is 2. The van der Waals surface area contributed by atoms with E-state index in [4.69, 9.17) is 0 Å². The van der Waals surface area contributed by atoms with E-state index < -0.39 is 0 Å². The predicted octanol–water partition coefficient (Wildman–Crippen LogP) is 2.09. The van der Waals surface area contributed by atoms with Gasteiger partial charge in [0.1, 0.15) is 0 Å². The zero-order valence-electron chi connectivity index (χ0n) is 5.95. The van der Waals surface area contributed by atoms with Crippen molar-refractivity contribution in [3.8, 4) is 12.1 Å². The lowest BCUT2D eigenvalue weighted by Gasteiger charge is -1.87. The molecule has 0 atom stereocenters. The van der Waals surface area contributed by atoms with Gasteiger partial charge in [-0.1, -0.05) is 0 Å². The fourth-order valence-electron chi connectivity index (χ4n) is 0.429. The van der Waals surface area contributed by atoms with Gasteiger partial charge in [0.05, 0.1) is 12.8 Å². The molecule has 0 saturated carbocycles. The summed E-state index contributed by atoms with van der Waals surface area (Å²) in [6.45, 7) is 0. The van der Waals surface area contributed by atoms with Crippen molar-refractivity contribution in [3.05, 3.63) is 8.50 Å².